The van der Waals surface area contributed by atoms with Crippen LogP contribution in [-0.2, 0) is 4.79 Å². The summed E-state index contributed by atoms with van der Waals surface area (Å²) in [6.45, 7) is 0.572. The zero-order valence-corrected chi connectivity index (χ0v) is 9.41. The topological polar surface area (TPSA) is 44.1 Å². The van der Waals surface area contributed by atoms with Gasteiger partial charge in [-0.25, -0.2) is 0 Å². The number of likely N-dealkylation sites (tertiary alicyclic amines) is 1. The van der Waals surface area contributed by atoms with Crippen molar-refractivity contribution in [3.05, 3.63) is 0 Å². The molecule has 1 amide bonds. The first-order chi connectivity index (χ1) is 7.72. The third-order valence-electron chi connectivity index (χ3n) is 3.77. The Labute approximate surface area is 96.4 Å². The molecule has 0 aromatic carbocycles. The van der Waals surface area contributed by atoms with Crippen molar-refractivity contribution in [3.8, 4) is 18.4 Å². The highest BCUT2D eigenvalue weighted by Gasteiger charge is 2.45. The number of nitrogens with zero attached hydrogens (tertiary/aromatic N) is 2. The van der Waals surface area contributed by atoms with E-state index in [9.17, 15) is 10.1 Å². The lowest BCUT2D eigenvalue weighted by molar-refractivity contribution is -0.132. The molecule has 1 heterocycles. The van der Waals surface area contributed by atoms with E-state index in [1.165, 1.54) is 6.42 Å². The van der Waals surface area contributed by atoms with Crippen molar-refractivity contribution < 1.29 is 4.79 Å². The van der Waals surface area contributed by atoms with Gasteiger partial charge in [-0.1, -0.05) is 19.3 Å². The molecule has 0 spiro atoms. The predicted octanol–water partition coefficient (Wildman–Crippen LogP) is 1.69. The van der Waals surface area contributed by atoms with Gasteiger partial charge in [0, 0.05) is 18.9 Å². The lowest BCUT2D eigenvalue weighted by atomic mass is 9.81. The maximum atomic E-state index is 11.9. The largest absolute Gasteiger partial charge is 0.323 e. The van der Waals surface area contributed by atoms with Crippen molar-refractivity contribution in [2.24, 2.45) is 5.92 Å². The van der Waals surface area contributed by atoms with E-state index in [4.69, 9.17) is 6.42 Å². The minimum absolute atomic E-state index is 0.000323. The lowest BCUT2D eigenvalue weighted by Gasteiger charge is -2.39. The second kappa shape index (κ2) is 4.18. The average molecular weight is 216 g/mol. The normalized spacial score (nSPS) is 28.5. The molecule has 84 valence electrons. The SMILES string of the molecule is C#CC1CC(=O)N(C2(C#N)CCCCC2)C1. The molecule has 2 fully saturated rings. The maximum Gasteiger partial charge on any atom is 0.225 e. The summed E-state index contributed by atoms with van der Waals surface area (Å²) in [6, 6.07) is 2.37. The van der Waals surface area contributed by atoms with Crippen molar-refractivity contribution in [1.29, 1.82) is 5.26 Å². The molecule has 2 rings (SSSR count). The second-order valence-corrected chi connectivity index (χ2v) is 4.78. The number of hydrogen-bond acceptors (Lipinski definition) is 2. The Hall–Kier alpha value is -1.48. The predicted molar refractivity (Wildman–Crippen MR) is 60.1 cm³/mol. The fourth-order valence-corrected chi connectivity index (χ4v) is 2.81. The number of hydrogen-bond donors (Lipinski definition) is 0. The number of carbonyl (C=O) groups is 1. The first-order valence-corrected chi connectivity index (χ1v) is 5.90. The molecule has 16 heavy (non-hydrogen) atoms. The molecule has 3 heteroatoms. The molecule has 0 aromatic rings. The quantitative estimate of drug-likeness (QED) is 0.626. The molecule has 1 saturated heterocycles. The van der Waals surface area contributed by atoms with Gasteiger partial charge in [-0.2, -0.15) is 5.26 Å². The van der Waals surface area contributed by atoms with Gasteiger partial charge in [-0.3, -0.25) is 4.79 Å². The van der Waals surface area contributed by atoms with E-state index in [0.717, 1.165) is 25.7 Å². The molecular weight excluding hydrogens is 200 g/mol. The van der Waals surface area contributed by atoms with Crippen LogP contribution in [0.15, 0.2) is 0 Å². The molecule has 0 bridgehead atoms. The fraction of sp³-hybridized carbons (Fsp3) is 0.692. The summed E-state index contributed by atoms with van der Waals surface area (Å²) in [4.78, 5) is 13.6. The van der Waals surface area contributed by atoms with Crippen LogP contribution in [0.4, 0.5) is 0 Å². The van der Waals surface area contributed by atoms with Crippen molar-refractivity contribution >= 4 is 5.91 Å². The third kappa shape index (κ3) is 1.67. The minimum atomic E-state index is -0.555. The van der Waals surface area contributed by atoms with Gasteiger partial charge in [0.1, 0.15) is 5.54 Å². The van der Waals surface area contributed by atoms with Gasteiger partial charge in [-0.05, 0) is 12.8 Å². The van der Waals surface area contributed by atoms with Crippen LogP contribution in [0.25, 0.3) is 0 Å². The van der Waals surface area contributed by atoms with Crippen LogP contribution < -0.4 is 0 Å². The lowest BCUT2D eigenvalue weighted by Crippen LogP contribution is -2.49. The second-order valence-electron chi connectivity index (χ2n) is 4.78. The number of terminal acetylenes is 1. The minimum Gasteiger partial charge on any atom is -0.323 e. The molecule has 1 unspecified atom stereocenters. The van der Waals surface area contributed by atoms with Crippen molar-refractivity contribution in [3.63, 3.8) is 0 Å². The number of amides is 1. The molecule has 1 saturated carbocycles. The van der Waals surface area contributed by atoms with Gasteiger partial charge in [0.15, 0.2) is 0 Å². The summed E-state index contributed by atoms with van der Waals surface area (Å²) in [5.74, 6) is 2.69. The third-order valence-corrected chi connectivity index (χ3v) is 3.77. The molecule has 1 aliphatic heterocycles. The number of carbonyl (C=O) groups excluding carboxylic acids is 1. The summed E-state index contributed by atoms with van der Waals surface area (Å²) in [5, 5.41) is 9.38. The Morgan fingerprint density at radius 1 is 1.38 bits per heavy atom. The van der Waals surface area contributed by atoms with Gasteiger partial charge in [-0.15, -0.1) is 12.3 Å². The highest BCUT2D eigenvalue weighted by molar-refractivity contribution is 5.80. The van der Waals surface area contributed by atoms with Crippen LogP contribution in [0.5, 0.6) is 0 Å². The van der Waals surface area contributed by atoms with Crippen LogP contribution >= 0.6 is 0 Å². The Balaban J connectivity index is 2.20. The van der Waals surface area contributed by atoms with Gasteiger partial charge in [0.2, 0.25) is 5.91 Å². The number of rotatable bonds is 1. The molecule has 3 nitrogen and oxygen atoms in total. The van der Waals surface area contributed by atoms with E-state index in [1.54, 1.807) is 4.90 Å². The van der Waals surface area contributed by atoms with Crippen LogP contribution in [0.3, 0.4) is 0 Å². The first kappa shape index (κ1) is 11.0. The van der Waals surface area contributed by atoms with Crippen LogP contribution in [0.2, 0.25) is 0 Å². The van der Waals surface area contributed by atoms with Gasteiger partial charge in [0.05, 0.1) is 6.07 Å². The highest BCUT2D eigenvalue weighted by Crippen LogP contribution is 2.36. The summed E-state index contributed by atoms with van der Waals surface area (Å²) in [7, 11) is 0. The molecular formula is C13H16N2O. The van der Waals surface area contributed by atoms with E-state index in [1.807, 2.05) is 0 Å². The zero-order chi connectivity index (χ0) is 11.6. The van der Waals surface area contributed by atoms with Crippen molar-refractivity contribution in [1.82, 2.24) is 4.90 Å². The Morgan fingerprint density at radius 2 is 2.06 bits per heavy atom. The van der Waals surface area contributed by atoms with Gasteiger partial charge in [0.25, 0.3) is 0 Å². The van der Waals surface area contributed by atoms with E-state index < -0.39 is 5.54 Å². The molecule has 2 aliphatic rings. The van der Waals surface area contributed by atoms with E-state index in [-0.39, 0.29) is 11.8 Å². The van der Waals surface area contributed by atoms with E-state index in [0.29, 0.717) is 13.0 Å². The van der Waals surface area contributed by atoms with E-state index >= 15 is 0 Å². The summed E-state index contributed by atoms with van der Waals surface area (Å²) >= 11 is 0. The summed E-state index contributed by atoms with van der Waals surface area (Å²) < 4.78 is 0. The molecule has 0 N–H and O–H groups in total. The van der Waals surface area contributed by atoms with Crippen LogP contribution in [0, 0.1) is 29.6 Å². The zero-order valence-electron chi connectivity index (χ0n) is 9.41. The average Bonchev–Trinajstić information content (AvgIpc) is 2.72. The maximum absolute atomic E-state index is 11.9. The summed E-state index contributed by atoms with van der Waals surface area (Å²) in [5.41, 5.74) is -0.555. The first-order valence-electron chi connectivity index (χ1n) is 5.90. The smallest absolute Gasteiger partial charge is 0.225 e. The molecule has 1 atom stereocenters. The Kier molecular flexibility index (Phi) is 2.88. The Bertz CT molecular complexity index is 368. The fourth-order valence-electron chi connectivity index (χ4n) is 2.81. The number of nitriles is 1. The van der Waals surface area contributed by atoms with E-state index in [2.05, 4.69) is 12.0 Å². The van der Waals surface area contributed by atoms with Crippen molar-refractivity contribution in [2.45, 2.75) is 44.1 Å². The monoisotopic (exact) mass is 216 g/mol. The van der Waals surface area contributed by atoms with Crippen LogP contribution in [0.1, 0.15) is 38.5 Å². The van der Waals surface area contributed by atoms with Crippen molar-refractivity contribution in [2.75, 3.05) is 6.54 Å². The molecule has 0 aromatic heterocycles. The molecule has 1 aliphatic carbocycles. The molecule has 0 radical (unpaired) electrons. The van der Waals surface area contributed by atoms with Gasteiger partial charge >= 0.3 is 0 Å². The highest BCUT2D eigenvalue weighted by atomic mass is 16.2. The Morgan fingerprint density at radius 3 is 2.56 bits per heavy atom. The standard InChI is InChI=1S/C13H16N2O/c1-2-11-8-12(16)15(9-11)13(10-14)6-4-3-5-7-13/h1,11H,3-9H2. The van der Waals surface area contributed by atoms with Gasteiger partial charge < -0.3 is 4.90 Å². The van der Waals surface area contributed by atoms with Crippen LogP contribution in [-0.4, -0.2) is 22.9 Å². The summed E-state index contributed by atoms with van der Waals surface area (Å²) in [6.07, 6.45) is 10.7.